The Morgan fingerprint density at radius 1 is 1.22 bits per heavy atom. The summed E-state index contributed by atoms with van der Waals surface area (Å²) in [5.74, 6) is 0.634. The average Bonchev–Trinajstić information content (AvgIpc) is 2.54. The largest absolute Gasteiger partial charge is 0.309 e. The Labute approximate surface area is 139 Å². The molecule has 5 heteroatoms. The quantitative estimate of drug-likeness (QED) is 0.793. The van der Waals surface area contributed by atoms with Crippen LogP contribution in [0.5, 0.6) is 0 Å². The summed E-state index contributed by atoms with van der Waals surface area (Å²) in [7, 11) is 2.01. The van der Waals surface area contributed by atoms with Gasteiger partial charge in [-0.2, -0.15) is 0 Å². The van der Waals surface area contributed by atoms with Crippen molar-refractivity contribution in [1.29, 1.82) is 0 Å². The zero-order valence-corrected chi connectivity index (χ0v) is 13.8. The summed E-state index contributed by atoms with van der Waals surface area (Å²) in [5, 5.41) is 1.13. The fraction of sp³-hybridized carbons (Fsp3) is 0.222. The van der Waals surface area contributed by atoms with Crippen LogP contribution in [0.4, 0.5) is 0 Å². The molecule has 118 valence electrons. The molecule has 0 fully saturated rings. The molecule has 2 aromatic carbocycles. The van der Waals surface area contributed by atoms with E-state index in [1.54, 1.807) is 18.2 Å². The van der Waals surface area contributed by atoms with Crippen molar-refractivity contribution in [2.75, 3.05) is 7.05 Å². The van der Waals surface area contributed by atoms with Gasteiger partial charge in [0.15, 0.2) is 0 Å². The fourth-order valence-electron chi connectivity index (χ4n) is 2.60. The molecule has 3 rings (SSSR count). The maximum atomic E-state index is 12.2. The Bertz CT molecular complexity index is 876. The number of fused-ring (bicyclic) bond motifs is 1. The maximum Gasteiger partial charge on any atom is 0.258 e. The van der Waals surface area contributed by atoms with Gasteiger partial charge in [0.25, 0.3) is 5.56 Å². The number of aromatic nitrogens is 2. The van der Waals surface area contributed by atoms with Crippen molar-refractivity contribution in [3.63, 3.8) is 0 Å². The van der Waals surface area contributed by atoms with E-state index in [0.29, 0.717) is 28.3 Å². The molecule has 1 atom stereocenters. The first-order valence-electron chi connectivity index (χ1n) is 7.48. The highest BCUT2D eigenvalue weighted by Crippen LogP contribution is 2.20. The Morgan fingerprint density at radius 3 is 2.70 bits per heavy atom. The molecule has 0 amide bonds. The van der Waals surface area contributed by atoms with Gasteiger partial charge in [-0.1, -0.05) is 41.9 Å². The van der Waals surface area contributed by atoms with Gasteiger partial charge >= 0.3 is 0 Å². The second kappa shape index (κ2) is 6.52. The SMILES string of the molecule is C[C@H](c1ccccc1)N(C)Cc1nc2cc(Cl)ccc2c(=O)[nH]1. The molecular weight excluding hydrogens is 310 g/mol. The molecule has 0 spiro atoms. The van der Waals surface area contributed by atoms with Gasteiger partial charge in [-0.15, -0.1) is 0 Å². The number of H-pyrrole nitrogens is 1. The van der Waals surface area contributed by atoms with Gasteiger partial charge in [-0.25, -0.2) is 4.98 Å². The fourth-order valence-corrected chi connectivity index (χ4v) is 2.76. The zero-order valence-electron chi connectivity index (χ0n) is 13.1. The number of rotatable bonds is 4. The van der Waals surface area contributed by atoms with Crippen molar-refractivity contribution in [3.8, 4) is 0 Å². The Morgan fingerprint density at radius 2 is 1.96 bits per heavy atom. The third-order valence-electron chi connectivity index (χ3n) is 4.06. The van der Waals surface area contributed by atoms with Crippen LogP contribution in [-0.4, -0.2) is 21.9 Å². The van der Waals surface area contributed by atoms with E-state index in [1.165, 1.54) is 5.56 Å². The standard InChI is InChI=1S/C18H18ClN3O/c1-12(13-6-4-3-5-7-13)22(2)11-17-20-16-10-14(19)8-9-15(16)18(23)21-17/h3-10,12H,11H2,1-2H3,(H,20,21,23)/t12-/m1/s1. The van der Waals surface area contributed by atoms with Crippen LogP contribution in [0.15, 0.2) is 53.3 Å². The van der Waals surface area contributed by atoms with Gasteiger partial charge in [0, 0.05) is 11.1 Å². The minimum Gasteiger partial charge on any atom is -0.309 e. The van der Waals surface area contributed by atoms with E-state index in [4.69, 9.17) is 11.6 Å². The van der Waals surface area contributed by atoms with Crippen molar-refractivity contribution in [3.05, 3.63) is 75.3 Å². The van der Waals surface area contributed by atoms with Crippen LogP contribution >= 0.6 is 11.6 Å². The maximum absolute atomic E-state index is 12.2. The first-order chi connectivity index (χ1) is 11.0. The molecule has 1 N–H and O–H groups in total. The Kier molecular flexibility index (Phi) is 4.46. The molecule has 1 heterocycles. The van der Waals surface area contributed by atoms with Crippen LogP contribution in [0, 0.1) is 0 Å². The van der Waals surface area contributed by atoms with E-state index < -0.39 is 0 Å². The number of nitrogens with one attached hydrogen (secondary N) is 1. The van der Waals surface area contributed by atoms with E-state index >= 15 is 0 Å². The predicted molar refractivity (Wildman–Crippen MR) is 93.7 cm³/mol. The summed E-state index contributed by atoms with van der Waals surface area (Å²) in [5.41, 5.74) is 1.71. The van der Waals surface area contributed by atoms with Crippen LogP contribution in [0.2, 0.25) is 5.02 Å². The minimum absolute atomic E-state index is 0.137. The third-order valence-corrected chi connectivity index (χ3v) is 4.30. The van der Waals surface area contributed by atoms with Crippen molar-refractivity contribution in [1.82, 2.24) is 14.9 Å². The first kappa shape index (κ1) is 15.7. The molecule has 0 bridgehead atoms. The van der Waals surface area contributed by atoms with Crippen LogP contribution in [0.3, 0.4) is 0 Å². The van der Waals surface area contributed by atoms with E-state index in [9.17, 15) is 4.79 Å². The molecule has 23 heavy (non-hydrogen) atoms. The van der Waals surface area contributed by atoms with E-state index in [-0.39, 0.29) is 11.6 Å². The summed E-state index contributed by atoms with van der Waals surface area (Å²) >= 11 is 6.00. The highest BCUT2D eigenvalue weighted by atomic mass is 35.5. The number of benzene rings is 2. The van der Waals surface area contributed by atoms with E-state index in [0.717, 1.165) is 0 Å². The molecule has 0 aliphatic rings. The second-order valence-electron chi connectivity index (χ2n) is 5.68. The lowest BCUT2D eigenvalue weighted by molar-refractivity contribution is 0.247. The Hall–Kier alpha value is -2.17. The van der Waals surface area contributed by atoms with E-state index in [2.05, 4.69) is 33.9 Å². The van der Waals surface area contributed by atoms with Crippen LogP contribution < -0.4 is 5.56 Å². The van der Waals surface area contributed by atoms with Gasteiger partial charge < -0.3 is 4.98 Å². The van der Waals surface area contributed by atoms with Crippen molar-refractivity contribution >= 4 is 22.5 Å². The smallest absolute Gasteiger partial charge is 0.258 e. The minimum atomic E-state index is -0.137. The van der Waals surface area contributed by atoms with Gasteiger partial charge in [0.2, 0.25) is 0 Å². The van der Waals surface area contributed by atoms with Crippen molar-refractivity contribution < 1.29 is 0 Å². The van der Waals surface area contributed by atoms with Gasteiger partial charge in [-0.3, -0.25) is 9.69 Å². The van der Waals surface area contributed by atoms with Crippen LogP contribution in [-0.2, 0) is 6.54 Å². The van der Waals surface area contributed by atoms with Crippen LogP contribution in [0.25, 0.3) is 10.9 Å². The van der Waals surface area contributed by atoms with Crippen molar-refractivity contribution in [2.45, 2.75) is 19.5 Å². The molecule has 3 aromatic rings. The molecule has 1 aromatic heterocycles. The highest BCUT2D eigenvalue weighted by molar-refractivity contribution is 6.31. The molecule has 0 aliphatic heterocycles. The highest BCUT2D eigenvalue weighted by Gasteiger charge is 2.13. The molecular formula is C18H18ClN3O. The summed E-state index contributed by atoms with van der Waals surface area (Å²) in [6, 6.07) is 15.6. The van der Waals surface area contributed by atoms with E-state index in [1.807, 2.05) is 25.2 Å². The average molecular weight is 328 g/mol. The molecule has 0 saturated heterocycles. The van der Waals surface area contributed by atoms with Crippen LogP contribution in [0.1, 0.15) is 24.4 Å². The number of halogens is 1. The molecule has 4 nitrogen and oxygen atoms in total. The number of hydrogen-bond donors (Lipinski definition) is 1. The predicted octanol–water partition coefficient (Wildman–Crippen LogP) is 3.77. The third kappa shape index (κ3) is 3.44. The normalized spacial score (nSPS) is 12.7. The summed E-state index contributed by atoms with van der Waals surface area (Å²) < 4.78 is 0. The summed E-state index contributed by atoms with van der Waals surface area (Å²) in [6.07, 6.45) is 0. The molecule has 0 radical (unpaired) electrons. The summed E-state index contributed by atoms with van der Waals surface area (Å²) in [4.78, 5) is 21.7. The van der Waals surface area contributed by atoms with Gasteiger partial charge in [-0.05, 0) is 37.7 Å². The monoisotopic (exact) mass is 327 g/mol. The molecule has 0 unspecified atom stereocenters. The second-order valence-corrected chi connectivity index (χ2v) is 6.11. The summed E-state index contributed by atoms with van der Waals surface area (Å²) in [6.45, 7) is 2.68. The van der Waals surface area contributed by atoms with Gasteiger partial charge in [0.05, 0.1) is 17.4 Å². The van der Waals surface area contributed by atoms with Gasteiger partial charge in [0.1, 0.15) is 5.82 Å². The lowest BCUT2D eigenvalue weighted by Gasteiger charge is -2.24. The number of aromatic amines is 1. The zero-order chi connectivity index (χ0) is 16.4. The number of nitrogens with zero attached hydrogens (tertiary/aromatic N) is 2. The lowest BCUT2D eigenvalue weighted by atomic mass is 10.1. The first-order valence-corrected chi connectivity index (χ1v) is 7.86. The molecule has 0 aliphatic carbocycles. The van der Waals surface area contributed by atoms with Crippen molar-refractivity contribution in [2.24, 2.45) is 0 Å². The topological polar surface area (TPSA) is 49.0 Å². The molecule has 0 saturated carbocycles. The number of hydrogen-bond acceptors (Lipinski definition) is 3. The lowest BCUT2D eigenvalue weighted by Crippen LogP contribution is -2.25. The Balaban J connectivity index is 1.87.